The molecule has 5 nitrogen and oxygen atoms in total. The van der Waals surface area contributed by atoms with E-state index in [4.69, 9.17) is 4.74 Å². The summed E-state index contributed by atoms with van der Waals surface area (Å²) in [5, 5.41) is 3.51. The Kier molecular flexibility index (Phi) is 5.52. The highest BCUT2D eigenvalue weighted by Gasteiger charge is 2.09. The largest absolute Gasteiger partial charge is 0.481 e. The van der Waals surface area contributed by atoms with Gasteiger partial charge in [-0.05, 0) is 36.4 Å². The zero-order valence-corrected chi connectivity index (χ0v) is 14.6. The molecule has 134 valence electrons. The maximum atomic E-state index is 13.5. The summed E-state index contributed by atoms with van der Waals surface area (Å²) in [6.07, 6.45) is 3.59. The van der Waals surface area contributed by atoms with Crippen LogP contribution in [-0.2, 0) is 11.8 Å². The lowest BCUT2D eigenvalue weighted by Gasteiger charge is -2.09. The molecule has 0 spiro atoms. The quantitative estimate of drug-likeness (QED) is 0.711. The van der Waals surface area contributed by atoms with Gasteiger partial charge in [0.25, 0.3) is 5.91 Å². The van der Waals surface area contributed by atoms with Gasteiger partial charge < -0.3 is 14.6 Å². The molecular weight excluding hydrogens is 360 g/mol. The third kappa shape index (κ3) is 4.60. The number of aryl methyl sites for hydroxylation is 1. The molecule has 0 fully saturated rings. The molecule has 3 aromatic rings. The Morgan fingerprint density at radius 3 is 2.65 bits per heavy atom. The molecule has 0 aliphatic rings. The standard InChI is InChI=1S/C18H15F2N3O2S/c1-23-9-8-21-18(23)26-14-5-3-13(4-6-14)22-17(24)11-25-16-7-2-12(19)10-15(16)20/h2-10H,11H2,1H3,(H,22,24). The lowest BCUT2D eigenvalue weighted by atomic mass is 10.3. The topological polar surface area (TPSA) is 56.2 Å². The number of nitrogens with zero attached hydrogens (tertiary/aromatic N) is 2. The van der Waals surface area contributed by atoms with Gasteiger partial charge in [-0.3, -0.25) is 4.79 Å². The average molecular weight is 375 g/mol. The van der Waals surface area contributed by atoms with Gasteiger partial charge in [0.1, 0.15) is 5.82 Å². The SMILES string of the molecule is Cn1ccnc1Sc1ccc(NC(=O)COc2ccc(F)cc2F)cc1. The van der Waals surface area contributed by atoms with Crippen molar-refractivity contribution in [1.82, 2.24) is 9.55 Å². The van der Waals surface area contributed by atoms with Crippen molar-refractivity contribution < 1.29 is 18.3 Å². The van der Waals surface area contributed by atoms with E-state index in [-0.39, 0.29) is 12.4 Å². The van der Waals surface area contributed by atoms with Crippen LogP contribution >= 0.6 is 11.8 Å². The molecule has 2 aromatic carbocycles. The summed E-state index contributed by atoms with van der Waals surface area (Å²) in [5.41, 5.74) is 0.586. The molecule has 0 saturated heterocycles. The molecule has 1 N–H and O–H groups in total. The number of ether oxygens (including phenoxy) is 1. The van der Waals surface area contributed by atoms with Crippen molar-refractivity contribution in [3.63, 3.8) is 0 Å². The minimum absolute atomic E-state index is 0.177. The second-order valence-corrected chi connectivity index (χ2v) is 6.40. The summed E-state index contributed by atoms with van der Waals surface area (Å²) in [7, 11) is 1.91. The first-order chi connectivity index (χ1) is 12.5. The van der Waals surface area contributed by atoms with Gasteiger partial charge in [-0.25, -0.2) is 13.8 Å². The Morgan fingerprint density at radius 1 is 1.23 bits per heavy atom. The third-order valence-corrected chi connectivity index (χ3v) is 4.46. The van der Waals surface area contributed by atoms with Crippen LogP contribution in [0.4, 0.5) is 14.5 Å². The minimum Gasteiger partial charge on any atom is -0.481 e. The van der Waals surface area contributed by atoms with Crippen molar-refractivity contribution >= 4 is 23.4 Å². The summed E-state index contributed by atoms with van der Waals surface area (Å²) in [6, 6.07) is 10.1. The normalized spacial score (nSPS) is 10.6. The fourth-order valence-electron chi connectivity index (χ4n) is 2.09. The Morgan fingerprint density at radius 2 is 2.00 bits per heavy atom. The zero-order chi connectivity index (χ0) is 18.5. The van der Waals surface area contributed by atoms with Crippen LogP contribution in [0, 0.1) is 11.6 Å². The van der Waals surface area contributed by atoms with Gasteiger partial charge in [-0.1, -0.05) is 11.8 Å². The van der Waals surface area contributed by atoms with Crippen LogP contribution in [0.2, 0.25) is 0 Å². The van der Waals surface area contributed by atoms with Crippen LogP contribution in [0.15, 0.2) is 64.9 Å². The van der Waals surface area contributed by atoms with Gasteiger partial charge in [-0.15, -0.1) is 0 Å². The van der Waals surface area contributed by atoms with Gasteiger partial charge >= 0.3 is 0 Å². The van der Waals surface area contributed by atoms with E-state index in [1.54, 1.807) is 18.3 Å². The number of hydrogen-bond acceptors (Lipinski definition) is 4. The highest BCUT2D eigenvalue weighted by Crippen LogP contribution is 2.26. The third-order valence-electron chi connectivity index (χ3n) is 3.38. The molecule has 1 aromatic heterocycles. The number of hydrogen-bond donors (Lipinski definition) is 1. The Hall–Kier alpha value is -2.87. The first-order valence-electron chi connectivity index (χ1n) is 7.64. The highest BCUT2D eigenvalue weighted by molar-refractivity contribution is 7.99. The van der Waals surface area contributed by atoms with Crippen molar-refractivity contribution in [3.05, 3.63) is 66.5 Å². The molecule has 0 unspecified atom stereocenters. The summed E-state index contributed by atoms with van der Waals surface area (Å²) in [4.78, 5) is 17.1. The van der Waals surface area contributed by atoms with E-state index in [1.165, 1.54) is 11.8 Å². The number of halogens is 2. The number of aromatic nitrogens is 2. The molecule has 3 rings (SSSR count). The van der Waals surface area contributed by atoms with Gasteiger partial charge in [0.2, 0.25) is 0 Å². The molecule has 0 aliphatic carbocycles. The molecule has 1 heterocycles. The van der Waals surface area contributed by atoms with Crippen LogP contribution in [0.3, 0.4) is 0 Å². The smallest absolute Gasteiger partial charge is 0.262 e. The van der Waals surface area contributed by atoms with Gasteiger partial charge in [0, 0.05) is 36.1 Å². The van der Waals surface area contributed by atoms with Gasteiger partial charge in [-0.2, -0.15) is 0 Å². The Balaban J connectivity index is 1.53. The number of imidazole rings is 1. The Bertz CT molecular complexity index is 913. The van der Waals surface area contributed by atoms with Gasteiger partial charge in [0.05, 0.1) is 0 Å². The second kappa shape index (κ2) is 8.01. The average Bonchev–Trinajstić information content (AvgIpc) is 3.01. The minimum atomic E-state index is -0.853. The number of anilines is 1. The zero-order valence-electron chi connectivity index (χ0n) is 13.8. The molecular formula is C18H15F2N3O2S. The fraction of sp³-hybridized carbons (Fsp3) is 0.111. The molecule has 0 bridgehead atoms. The lowest BCUT2D eigenvalue weighted by molar-refractivity contribution is -0.118. The maximum absolute atomic E-state index is 13.5. The summed E-state index contributed by atoms with van der Waals surface area (Å²) >= 11 is 1.50. The van der Waals surface area contributed by atoms with E-state index < -0.39 is 17.5 Å². The molecule has 8 heteroatoms. The summed E-state index contributed by atoms with van der Waals surface area (Å²) < 4.78 is 33.2. The molecule has 1 amide bonds. The number of amides is 1. The second-order valence-electron chi connectivity index (χ2n) is 5.36. The van der Waals surface area contributed by atoms with Crippen molar-refractivity contribution in [2.75, 3.05) is 11.9 Å². The molecule has 0 saturated carbocycles. The van der Waals surface area contributed by atoms with E-state index in [1.807, 2.05) is 29.9 Å². The molecule has 26 heavy (non-hydrogen) atoms. The molecule has 0 atom stereocenters. The van der Waals surface area contributed by atoms with Crippen molar-refractivity contribution in [2.45, 2.75) is 10.1 Å². The predicted molar refractivity (Wildman–Crippen MR) is 94.3 cm³/mol. The first-order valence-corrected chi connectivity index (χ1v) is 8.46. The predicted octanol–water partition coefficient (Wildman–Crippen LogP) is 3.87. The van der Waals surface area contributed by atoms with E-state index in [2.05, 4.69) is 10.3 Å². The van der Waals surface area contributed by atoms with E-state index in [9.17, 15) is 13.6 Å². The summed E-state index contributed by atoms with van der Waals surface area (Å²) in [5.74, 6) is -2.18. The van der Waals surface area contributed by atoms with E-state index in [0.717, 1.165) is 22.2 Å². The Labute approximate surface area is 153 Å². The van der Waals surface area contributed by atoms with Crippen LogP contribution < -0.4 is 10.1 Å². The first kappa shape index (κ1) is 17.9. The van der Waals surface area contributed by atoms with Crippen LogP contribution in [0.1, 0.15) is 0 Å². The van der Waals surface area contributed by atoms with Crippen molar-refractivity contribution in [2.24, 2.45) is 7.05 Å². The maximum Gasteiger partial charge on any atom is 0.262 e. The highest BCUT2D eigenvalue weighted by atomic mass is 32.2. The van der Waals surface area contributed by atoms with Crippen LogP contribution in [-0.4, -0.2) is 22.1 Å². The number of nitrogens with one attached hydrogen (secondary N) is 1. The fourth-order valence-corrected chi connectivity index (χ4v) is 2.90. The van der Waals surface area contributed by atoms with Crippen molar-refractivity contribution in [1.29, 1.82) is 0 Å². The van der Waals surface area contributed by atoms with Crippen LogP contribution in [0.5, 0.6) is 5.75 Å². The number of carbonyl (C=O) groups is 1. The summed E-state index contributed by atoms with van der Waals surface area (Å²) in [6.45, 7) is -0.383. The van der Waals surface area contributed by atoms with E-state index in [0.29, 0.717) is 11.8 Å². The molecule has 0 aliphatic heterocycles. The number of rotatable bonds is 6. The lowest BCUT2D eigenvalue weighted by Crippen LogP contribution is -2.20. The van der Waals surface area contributed by atoms with Crippen LogP contribution in [0.25, 0.3) is 0 Å². The number of benzene rings is 2. The molecule has 0 radical (unpaired) electrons. The van der Waals surface area contributed by atoms with Gasteiger partial charge in [0.15, 0.2) is 23.3 Å². The van der Waals surface area contributed by atoms with E-state index >= 15 is 0 Å². The monoisotopic (exact) mass is 375 g/mol. The number of carbonyl (C=O) groups excluding carboxylic acids is 1. The van der Waals surface area contributed by atoms with Crippen molar-refractivity contribution in [3.8, 4) is 5.75 Å².